The molecule has 1 amide bonds. The molecule has 31 heavy (non-hydrogen) atoms. The first-order valence-corrected chi connectivity index (χ1v) is 9.61. The van der Waals surface area contributed by atoms with Crippen LogP contribution < -0.4 is 14.8 Å². The molecule has 0 atom stereocenters. The molecule has 0 fully saturated rings. The highest BCUT2D eigenvalue weighted by molar-refractivity contribution is 7.13. The van der Waals surface area contributed by atoms with E-state index in [1.54, 1.807) is 19.1 Å². The van der Waals surface area contributed by atoms with Gasteiger partial charge in [0.25, 0.3) is 5.91 Å². The number of nitrogens with one attached hydrogen (secondary N) is 1. The molecule has 0 saturated carbocycles. The summed E-state index contributed by atoms with van der Waals surface area (Å²) in [7, 11) is 0. The molecule has 0 bridgehead atoms. The van der Waals surface area contributed by atoms with E-state index in [1.807, 2.05) is 0 Å². The number of benzene rings is 2. The fourth-order valence-corrected chi connectivity index (χ4v) is 3.94. The van der Waals surface area contributed by atoms with Gasteiger partial charge in [0.2, 0.25) is 0 Å². The molecule has 0 spiro atoms. The van der Waals surface area contributed by atoms with Gasteiger partial charge in [0, 0.05) is 5.69 Å². The number of anilines is 1. The molecule has 0 radical (unpaired) electrons. The van der Waals surface area contributed by atoms with E-state index in [9.17, 15) is 26.7 Å². The van der Waals surface area contributed by atoms with Crippen LogP contribution in [0, 0.1) is 13.8 Å². The Morgan fingerprint density at radius 3 is 2.29 bits per heavy atom. The molecule has 2 heterocycles. The minimum atomic E-state index is -4.74. The van der Waals surface area contributed by atoms with Crippen LogP contribution in [0.5, 0.6) is 11.5 Å². The zero-order chi connectivity index (χ0) is 22.6. The van der Waals surface area contributed by atoms with Gasteiger partial charge >= 0.3 is 12.5 Å². The third kappa shape index (κ3) is 4.18. The van der Waals surface area contributed by atoms with Crippen molar-refractivity contribution in [3.05, 3.63) is 57.5 Å². The van der Waals surface area contributed by atoms with Gasteiger partial charge in [-0.15, -0.1) is 20.1 Å². The Balaban J connectivity index is 1.56. The summed E-state index contributed by atoms with van der Waals surface area (Å²) in [6.07, 6.45) is -8.47. The Kier molecular flexibility index (Phi) is 4.88. The largest absolute Gasteiger partial charge is 0.586 e. The standard InChI is InChI=1S/C20H13F5N2O3S/c1-9-7-14-15(30-20(24,25)29-14)8-13(9)11-3-5-12(6-4-11)27-18(28)16-17(19(21,22)23)26-10(2)31-16/h3-8H,1-2H3,(H,27,28). The Morgan fingerprint density at radius 1 is 1.06 bits per heavy atom. The smallest absolute Gasteiger partial charge is 0.395 e. The van der Waals surface area contributed by atoms with Crippen molar-refractivity contribution in [1.82, 2.24) is 4.98 Å². The predicted molar refractivity (Wildman–Crippen MR) is 103 cm³/mol. The monoisotopic (exact) mass is 456 g/mol. The van der Waals surface area contributed by atoms with Crippen LogP contribution in [0.1, 0.15) is 25.9 Å². The molecule has 0 unspecified atom stereocenters. The number of ether oxygens (including phenoxy) is 2. The van der Waals surface area contributed by atoms with E-state index in [4.69, 9.17) is 0 Å². The Hall–Kier alpha value is -3.21. The molecule has 2 aromatic carbocycles. The van der Waals surface area contributed by atoms with Gasteiger partial charge in [-0.1, -0.05) is 12.1 Å². The molecule has 0 aliphatic carbocycles. The van der Waals surface area contributed by atoms with Crippen LogP contribution in [-0.2, 0) is 6.18 Å². The average Bonchev–Trinajstić information content (AvgIpc) is 3.20. The van der Waals surface area contributed by atoms with Crippen LogP contribution in [0.15, 0.2) is 36.4 Å². The summed E-state index contributed by atoms with van der Waals surface area (Å²) in [5.74, 6) is -1.11. The maximum atomic E-state index is 13.3. The molecule has 162 valence electrons. The van der Waals surface area contributed by atoms with Crippen molar-refractivity contribution in [2.75, 3.05) is 5.32 Å². The summed E-state index contributed by atoms with van der Waals surface area (Å²) in [4.78, 5) is 15.2. The lowest BCUT2D eigenvalue weighted by Gasteiger charge is -2.10. The van der Waals surface area contributed by atoms with Crippen LogP contribution in [0.2, 0.25) is 0 Å². The lowest BCUT2D eigenvalue weighted by atomic mass is 9.99. The Labute approximate surface area is 176 Å². The lowest BCUT2D eigenvalue weighted by molar-refractivity contribution is -0.286. The highest BCUT2D eigenvalue weighted by Gasteiger charge is 2.43. The molecular weight excluding hydrogens is 443 g/mol. The van der Waals surface area contributed by atoms with Crippen LogP contribution in [0.25, 0.3) is 11.1 Å². The number of carbonyl (C=O) groups excluding carboxylic acids is 1. The fourth-order valence-electron chi connectivity index (χ4n) is 3.10. The van der Waals surface area contributed by atoms with Gasteiger partial charge in [-0.05, 0) is 54.8 Å². The number of rotatable bonds is 3. The van der Waals surface area contributed by atoms with E-state index in [-0.39, 0.29) is 22.2 Å². The molecular formula is C20H13F5N2O3S. The van der Waals surface area contributed by atoms with Gasteiger partial charge in [0.1, 0.15) is 4.88 Å². The number of amides is 1. The highest BCUT2D eigenvalue weighted by Crippen LogP contribution is 2.44. The van der Waals surface area contributed by atoms with E-state index in [0.717, 1.165) is 0 Å². The number of halogens is 5. The molecule has 5 nitrogen and oxygen atoms in total. The maximum Gasteiger partial charge on any atom is 0.586 e. The zero-order valence-electron chi connectivity index (χ0n) is 15.9. The van der Waals surface area contributed by atoms with Crippen molar-refractivity contribution >= 4 is 22.9 Å². The number of hydrogen-bond acceptors (Lipinski definition) is 5. The van der Waals surface area contributed by atoms with Gasteiger partial charge in [-0.25, -0.2) is 4.98 Å². The van der Waals surface area contributed by atoms with Gasteiger partial charge in [-0.3, -0.25) is 4.79 Å². The van der Waals surface area contributed by atoms with E-state index < -0.39 is 28.9 Å². The summed E-state index contributed by atoms with van der Waals surface area (Å²) in [6, 6.07) is 9.02. The van der Waals surface area contributed by atoms with Crippen molar-refractivity contribution < 1.29 is 36.2 Å². The number of alkyl halides is 5. The molecule has 1 N–H and O–H groups in total. The summed E-state index contributed by atoms with van der Waals surface area (Å²) < 4.78 is 74.7. The number of fused-ring (bicyclic) bond motifs is 1. The van der Waals surface area contributed by atoms with Gasteiger partial charge in [0.15, 0.2) is 17.2 Å². The SMILES string of the molecule is Cc1nc(C(F)(F)F)c(C(=O)Nc2ccc(-c3cc4c(cc3C)OC(F)(F)O4)cc2)s1. The summed E-state index contributed by atoms with van der Waals surface area (Å²) in [5.41, 5.74) is 0.902. The quantitative estimate of drug-likeness (QED) is 0.490. The highest BCUT2D eigenvalue weighted by atomic mass is 32.1. The fraction of sp³-hybridized carbons (Fsp3) is 0.200. The molecule has 1 aliphatic rings. The van der Waals surface area contributed by atoms with E-state index >= 15 is 0 Å². The molecule has 4 rings (SSSR count). The van der Waals surface area contributed by atoms with Crippen molar-refractivity contribution in [3.8, 4) is 22.6 Å². The van der Waals surface area contributed by atoms with Crippen LogP contribution >= 0.6 is 11.3 Å². The van der Waals surface area contributed by atoms with Gasteiger partial charge < -0.3 is 14.8 Å². The first-order chi connectivity index (χ1) is 14.4. The maximum absolute atomic E-state index is 13.3. The van der Waals surface area contributed by atoms with E-state index in [1.165, 1.54) is 31.2 Å². The molecule has 11 heteroatoms. The van der Waals surface area contributed by atoms with Crippen molar-refractivity contribution in [2.45, 2.75) is 26.3 Å². The van der Waals surface area contributed by atoms with Crippen molar-refractivity contribution in [3.63, 3.8) is 0 Å². The number of hydrogen-bond donors (Lipinski definition) is 1. The third-order valence-corrected chi connectivity index (χ3v) is 5.38. The molecule has 3 aromatic rings. The number of aryl methyl sites for hydroxylation is 2. The van der Waals surface area contributed by atoms with Crippen LogP contribution in [0.3, 0.4) is 0 Å². The number of carbonyl (C=O) groups is 1. The van der Waals surface area contributed by atoms with Crippen LogP contribution in [0.4, 0.5) is 27.6 Å². The van der Waals surface area contributed by atoms with Crippen LogP contribution in [-0.4, -0.2) is 17.2 Å². The van der Waals surface area contributed by atoms with Gasteiger partial charge in [0.05, 0.1) is 5.01 Å². The predicted octanol–water partition coefficient (Wildman–Crippen LogP) is 6.02. The zero-order valence-corrected chi connectivity index (χ0v) is 16.8. The second-order valence-electron chi connectivity index (χ2n) is 6.72. The summed E-state index contributed by atoms with van der Waals surface area (Å²) >= 11 is 0.652. The second-order valence-corrected chi connectivity index (χ2v) is 7.92. The average molecular weight is 456 g/mol. The first kappa shape index (κ1) is 21.0. The topological polar surface area (TPSA) is 60.5 Å². The Morgan fingerprint density at radius 2 is 1.68 bits per heavy atom. The molecule has 1 aliphatic heterocycles. The minimum absolute atomic E-state index is 0.0737. The molecule has 0 saturated heterocycles. The first-order valence-electron chi connectivity index (χ1n) is 8.80. The van der Waals surface area contributed by atoms with E-state index in [2.05, 4.69) is 19.8 Å². The summed E-state index contributed by atoms with van der Waals surface area (Å²) in [5, 5.41) is 2.54. The second kappa shape index (κ2) is 7.19. The van der Waals surface area contributed by atoms with Gasteiger partial charge in [-0.2, -0.15) is 13.2 Å². The number of aromatic nitrogens is 1. The minimum Gasteiger partial charge on any atom is -0.395 e. The van der Waals surface area contributed by atoms with Crippen molar-refractivity contribution in [1.29, 1.82) is 0 Å². The lowest BCUT2D eigenvalue weighted by Crippen LogP contribution is -2.25. The number of nitrogens with zero attached hydrogens (tertiary/aromatic N) is 1. The number of thiazole rings is 1. The molecule has 1 aromatic heterocycles. The Bertz CT molecular complexity index is 1170. The normalized spacial score (nSPS) is 14.5. The van der Waals surface area contributed by atoms with Crippen molar-refractivity contribution in [2.24, 2.45) is 0 Å². The summed E-state index contributed by atoms with van der Waals surface area (Å²) in [6.45, 7) is 3.09. The van der Waals surface area contributed by atoms with E-state index in [0.29, 0.717) is 28.0 Å². The third-order valence-electron chi connectivity index (χ3n) is 4.41.